The Balaban J connectivity index is 1.83. The maximum Gasteiger partial charge on any atom is 0.254 e. The quantitative estimate of drug-likeness (QED) is 0.298. The minimum Gasteiger partial charge on any atom is -0.329 e. The molecule has 2 aromatic carbocycles. The van der Waals surface area contributed by atoms with Crippen molar-refractivity contribution in [1.29, 1.82) is 0 Å². The number of hydrogen-bond donors (Lipinski definition) is 1. The van der Waals surface area contributed by atoms with Crippen molar-refractivity contribution in [2.45, 2.75) is 86.0 Å². The van der Waals surface area contributed by atoms with Crippen molar-refractivity contribution < 1.29 is 9.59 Å². The molecular weight excluding hydrogens is 472 g/mol. The van der Waals surface area contributed by atoms with Gasteiger partial charge in [0.1, 0.15) is 12.4 Å². The molecule has 1 aromatic heterocycles. The molecule has 6 heteroatoms. The van der Waals surface area contributed by atoms with Gasteiger partial charge in [0.15, 0.2) is 0 Å². The third kappa shape index (κ3) is 7.56. The average molecular weight is 517 g/mol. The normalized spacial score (nSPS) is 11.4. The number of amides is 2. The van der Waals surface area contributed by atoms with E-state index in [9.17, 15) is 9.59 Å². The SMILES string of the molecule is CCCCc1ccc(C(=O)N(CCCC)CC(=O)Nc2cc(C(C)(C)C)nn2-c2ccc(C)cc2C)cc1. The van der Waals surface area contributed by atoms with Gasteiger partial charge in [0, 0.05) is 23.6 Å². The lowest BCUT2D eigenvalue weighted by atomic mass is 9.92. The minimum absolute atomic E-state index is 0.0146. The molecule has 0 bridgehead atoms. The molecule has 0 unspecified atom stereocenters. The van der Waals surface area contributed by atoms with Gasteiger partial charge in [0.05, 0.1) is 11.4 Å². The van der Waals surface area contributed by atoms with Crippen LogP contribution in [0.2, 0.25) is 0 Å². The number of hydrogen-bond acceptors (Lipinski definition) is 3. The third-order valence-corrected chi connectivity index (χ3v) is 6.75. The molecule has 0 spiro atoms. The molecule has 0 fully saturated rings. The number of unbranched alkanes of at least 4 members (excludes halogenated alkanes) is 2. The van der Waals surface area contributed by atoms with Crippen LogP contribution in [0.5, 0.6) is 0 Å². The molecule has 0 atom stereocenters. The van der Waals surface area contributed by atoms with Gasteiger partial charge >= 0.3 is 0 Å². The van der Waals surface area contributed by atoms with E-state index in [1.54, 1.807) is 9.58 Å². The van der Waals surface area contributed by atoms with Gasteiger partial charge < -0.3 is 10.2 Å². The second kappa shape index (κ2) is 12.9. The summed E-state index contributed by atoms with van der Waals surface area (Å²) in [5, 5.41) is 7.91. The summed E-state index contributed by atoms with van der Waals surface area (Å²) in [6.45, 7) is 15.2. The highest BCUT2D eigenvalue weighted by molar-refractivity contribution is 5.99. The van der Waals surface area contributed by atoms with Crippen LogP contribution in [0, 0.1) is 13.8 Å². The van der Waals surface area contributed by atoms with Crippen molar-refractivity contribution in [3.8, 4) is 5.69 Å². The molecular formula is C32H44N4O2. The Morgan fingerprint density at radius 3 is 2.24 bits per heavy atom. The zero-order valence-electron chi connectivity index (χ0n) is 24.2. The number of rotatable bonds is 11. The van der Waals surface area contributed by atoms with Gasteiger partial charge in [0.2, 0.25) is 5.91 Å². The van der Waals surface area contributed by atoms with E-state index in [4.69, 9.17) is 5.10 Å². The summed E-state index contributed by atoms with van der Waals surface area (Å²) < 4.78 is 1.81. The van der Waals surface area contributed by atoms with Crippen LogP contribution in [-0.4, -0.2) is 39.6 Å². The molecule has 204 valence electrons. The van der Waals surface area contributed by atoms with Crippen molar-refractivity contribution in [3.63, 3.8) is 0 Å². The number of carbonyl (C=O) groups is 2. The van der Waals surface area contributed by atoms with Crippen LogP contribution in [0.25, 0.3) is 5.69 Å². The number of aryl methyl sites for hydroxylation is 3. The van der Waals surface area contributed by atoms with Crippen LogP contribution in [0.4, 0.5) is 5.82 Å². The first-order chi connectivity index (χ1) is 18.0. The molecule has 3 aromatic rings. The van der Waals surface area contributed by atoms with Gasteiger partial charge in [-0.15, -0.1) is 0 Å². The molecule has 0 aliphatic carbocycles. The summed E-state index contributed by atoms with van der Waals surface area (Å²) in [5.74, 6) is 0.254. The lowest BCUT2D eigenvalue weighted by molar-refractivity contribution is -0.117. The highest BCUT2D eigenvalue weighted by Gasteiger charge is 2.24. The first-order valence-corrected chi connectivity index (χ1v) is 13.9. The van der Waals surface area contributed by atoms with Crippen LogP contribution in [-0.2, 0) is 16.6 Å². The molecule has 3 rings (SSSR count). The van der Waals surface area contributed by atoms with Crippen molar-refractivity contribution in [1.82, 2.24) is 14.7 Å². The summed E-state index contributed by atoms with van der Waals surface area (Å²) in [6, 6.07) is 15.9. The number of aromatic nitrogens is 2. The number of nitrogens with one attached hydrogen (secondary N) is 1. The first-order valence-electron chi connectivity index (χ1n) is 13.9. The zero-order chi connectivity index (χ0) is 27.9. The van der Waals surface area contributed by atoms with Crippen molar-refractivity contribution in [2.75, 3.05) is 18.4 Å². The Morgan fingerprint density at radius 2 is 1.63 bits per heavy atom. The van der Waals surface area contributed by atoms with Gasteiger partial charge in [-0.2, -0.15) is 5.10 Å². The van der Waals surface area contributed by atoms with E-state index < -0.39 is 0 Å². The second-order valence-electron chi connectivity index (χ2n) is 11.3. The number of nitrogens with zero attached hydrogens (tertiary/aromatic N) is 3. The highest BCUT2D eigenvalue weighted by atomic mass is 16.2. The maximum absolute atomic E-state index is 13.4. The standard InChI is InChI=1S/C32H44N4O2/c1-8-10-12-25-14-16-26(17-15-25)31(38)35(19-11-9-2)22-30(37)33-29-21-28(32(5,6)7)34-36(29)27-18-13-23(3)20-24(27)4/h13-18,20-21H,8-12,19,22H2,1-7H3,(H,33,37). The van der Waals surface area contributed by atoms with E-state index >= 15 is 0 Å². The Bertz CT molecular complexity index is 1240. The van der Waals surface area contributed by atoms with Crippen LogP contribution < -0.4 is 5.32 Å². The average Bonchev–Trinajstić information content (AvgIpc) is 3.29. The molecule has 0 aliphatic rings. The predicted octanol–water partition coefficient (Wildman–Crippen LogP) is 7.01. The Kier molecular flexibility index (Phi) is 9.90. The fourth-order valence-corrected chi connectivity index (χ4v) is 4.40. The van der Waals surface area contributed by atoms with E-state index in [1.165, 1.54) is 11.1 Å². The predicted molar refractivity (Wildman–Crippen MR) is 156 cm³/mol. The van der Waals surface area contributed by atoms with E-state index in [-0.39, 0.29) is 23.8 Å². The molecule has 6 nitrogen and oxygen atoms in total. The zero-order valence-corrected chi connectivity index (χ0v) is 24.2. The van der Waals surface area contributed by atoms with Gasteiger partial charge in [-0.3, -0.25) is 9.59 Å². The fraction of sp³-hybridized carbons (Fsp3) is 0.469. The molecule has 38 heavy (non-hydrogen) atoms. The molecule has 0 radical (unpaired) electrons. The van der Waals surface area contributed by atoms with E-state index in [2.05, 4.69) is 52.9 Å². The molecule has 0 saturated carbocycles. The van der Waals surface area contributed by atoms with E-state index in [0.717, 1.165) is 49.0 Å². The summed E-state index contributed by atoms with van der Waals surface area (Å²) in [4.78, 5) is 28.4. The summed E-state index contributed by atoms with van der Waals surface area (Å²) >= 11 is 0. The second-order valence-corrected chi connectivity index (χ2v) is 11.3. The van der Waals surface area contributed by atoms with Crippen LogP contribution in [0.3, 0.4) is 0 Å². The van der Waals surface area contributed by atoms with E-state index in [1.807, 2.05) is 49.4 Å². The third-order valence-electron chi connectivity index (χ3n) is 6.75. The summed E-state index contributed by atoms with van der Waals surface area (Å²) in [7, 11) is 0. The smallest absolute Gasteiger partial charge is 0.254 e. The van der Waals surface area contributed by atoms with Crippen LogP contribution in [0.1, 0.15) is 93.0 Å². The molecule has 0 saturated heterocycles. The van der Waals surface area contributed by atoms with Crippen molar-refractivity contribution >= 4 is 17.6 Å². The van der Waals surface area contributed by atoms with Crippen molar-refractivity contribution in [2.24, 2.45) is 0 Å². The van der Waals surface area contributed by atoms with Crippen LogP contribution in [0.15, 0.2) is 48.5 Å². The largest absolute Gasteiger partial charge is 0.329 e. The van der Waals surface area contributed by atoms with Gasteiger partial charge in [0.25, 0.3) is 5.91 Å². The first kappa shape index (κ1) is 29.2. The van der Waals surface area contributed by atoms with Crippen LogP contribution >= 0.6 is 0 Å². The molecule has 1 heterocycles. The monoisotopic (exact) mass is 516 g/mol. The molecule has 2 amide bonds. The van der Waals surface area contributed by atoms with Gasteiger partial charge in [-0.25, -0.2) is 4.68 Å². The van der Waals surface area contributed by atoms with Crippen molar-refractivity contribution in [3.05, 3.63) is 76.5 Å². The van der Waals surface area contributed by atoms with Gasteiger partial charge in [-0.05, 0) is 62.4 Å². The highest BCUT2D eigenvalue weighted by Crippen LogP contribution is 2.28. The Labute approximate surface area is 228 Å². The lowest BCUT2D eigenvalue weighted by Gasteiger charge is -2.22. The Morgan fingerprint density at radius 1 is 0.947 bits per heavy atom. The summed E-state index contributed by atoms with van der Waals surface area (Å²) in [6.07, 6.45) is 5.06. The van der Waals surface area contributed by atoms with E-state index in [0.29, 0.717) is 17.9 Å². The topological polar surface area (TPSA) is 67.2 Å². The Hall–Kier alpha value is -3.41. The minimum atomic E-state index is -0.236. The molecule has 1 N–H and O–H groups in total. The number of carbonyl (C=O) groups excluding carboxylic acids is 2. The number of benzene rings is 2. The maximum atomic E-state index is 13.4. The number of anilines is 1. The lowest BCUT2D eigenvalue weighted by Crippen LogP contribution is -2.39. The fourth-order valence-electron chi connectivity index (χ4n) is 4.40. The molecule has 0 aliphatic heterocycles. The summed E-state index contributed by atoms with van der Waals surface area (Å²) in [5.41, 5.74) is 5.71. The van der Waals surface area contributed by atoms with Gasteiger partial charge in [-0.1, -0.05) is 77.3 Å².